The number of halogens is 1. The zero-order valence-corrected chi connectivity index (χ0v) is 5.18. The highest BCUT2D eigenvalue weighted by molar-refractivity contribution is 5.88. The van der Waals surface area contributed by atoms with Gasteiger partial charge in [0.05, 0.1) is 0 Å². The van der Waals surface area contributed by atoms with Gasteiger partial charge in [-0.1, -0.05) is 0 Å². The monoisotopic (exact) mass is 144 g/mol. The maximum Gasteiger partial charge on any atom is 0.342 e. The number of hydrogen-bond donors (Lipinski definition) is 2. The Balaban J connectivity index is 3.23. The van der Waals surface area contributed by atoms with Crippen molar-refractivity contribution in [2.45, 2.75) is 6.92 Å². The second-order valence-corrected chi connectivity index (χ2v) is 1.82. The van der Waals surface area contributed by atoms with Crippen molar-refractivity contribution in [3.63, 3.8) is 0 Å². The van der Waals surface area contributed by atoms with Crippen molar-refractivity contribution in [1.29, 1.82) is 0 Å². The lowest BCUT2D eigenvalue weighted by molar-refractivity contribution is 0.0691. The smallest absolute Gasteiger partial charge is 0.342 e. The van der Waals surface area contributed by atoms with Crippen molar-refractivity contribution >= 4 is 5.97 Å². The number of aromatic nitrogens is 2. The molecular weight excluding hydrogens is 139 g/mol. The highest BCUT2D eigenvalue weighted by Gasteiger charge is 2.15. The van der Waals surface area contributed by atoms with Crippen molar-refractivity contribution in [3.05, 3.63) is 17.2 Å². The number of aromatic carboxylic acids is 1. The molecular formula is C5H5FN2O2. The van der Waals surface area contributed by atoms with Gasteiger partial charge in [-0.05, 0) is 6.92 Å². The molecule has 4 nitrogen and oxygen atoms in total. The van der Waals surface area contributed by atoms with Crippen LogP contribution in [0.5, 0.6) is 0 Å². The molecule has 0 aliphatic carbocycles. The summed E-state index contributed by atoms with van der Waals surface area (Å²) in [6.45, 7) is 1.44. The summed E-state index contributed by atoms with van der Waals surface area (Å²) < 4.78 is 12.3. The maximum atomic E-state index is 12.3. The third-order valence-corrected chi connectivity index (χ3v) is 1.12. The molecule has 1 rings (SSSR count). The van der Waals surface area contributed by atoms with Crippen molar-refractivity contribution in [2.24, 2.45) is 0 Å². The van der Waals surface area contributed by atoms with Gasteiger partial charge in [-0.3, -0.25) is 5.10 Å². The Morgan fingerprint density at radius 2 is 2.40 bits per heavy atom. The standard InChI is InChI=1S/C5H5FN2O2/c1-2-3(5(9)10)4(6)8-7-2/h1H3,(H,7,8)(H,9,10). The summed E-state index contributed by atoms with van der Waals surface area (Å²) in [5.74, 6) is -2.27. The SMILES string of the molecule is Cc1[nH]nc(F)c1C(=O)O. The zero-order valence-electron chi connectivity index (χ0n) is 5.18. The molecule has 0 saturated heterocycles. The largest absolute Gasteiger partial charge is 0.477 e. The summed E-state index contributed by atoms with van der Waals surface area (Å²) in [6, 6.07) is 0. The van der Waals surface area contributed by atoms with E-state index in [4.69, 9.17) is 5.11 Å². The highest BCUT2D eigenvalue weighted by Crippen LogP contribution is 2.07. The van der Waals surface area contributed by atoms with Crippen LogP contribution in [0.2, 0.25) is 0 Å². The predicted octanol–water partition coefficient (Wildman–Crippen LogP) is 0.555. The summed E-state index contributed by atoms with van der Waals surface area (Å²) in [4.78, 5) is 10.2. The van der Waals surface area contributed by atoms with E-state index in [1.807, 2.05) is 0 Å². The first-order valence-corrected chi connectivity index (χ1v) is 2.56. The van der Waals surface area contributed by atoms with Gasteiger partial charge < -0.3 is 5.11 Å². The fraction of sp³-hybridized carbons (Fsp3) is 0.200. The van der Waals surface area contributed by atoms with Gasteiger partial charge in [0.1, 0.15) is 5.56 Å². The molecule has 0 unspecified atom stereocenters. The summed E-state index contributed by atoms with van der Waals surface area (Å²) in [7, 11) is 0. The highest BCUT2D eigenvalue weighted by atomic mass is 19.1. The van der Waals surface area contributed by atoms with Crippen LogP contribution in [0.25, 0.3) is 0 Å². The average molecular weight is 144 g/mol. The quantitative estimate of drug-likeness (QED) is 0.605. The number of aromatic amines is 1. The van der Waals surface area contributed by atoms with Crippen LogP contribution in [0.4, 0.5) is 4.39 Å². The number of carbonyl (C=O) groups is 1. The van der Waals surface area contributed by atoms with Crippen LogP contribution < -0.4 is 0 Å². The molecule has 0 aromatic carbocycles. The number of aryl methyl sites for hydroxylation is 1. The van der Waals surface area contributed by atoms with Gasteiger partial charge >= 0.3 is 5.97 Å². The topological polar surface area (TPSA) is 66.0 Å². The Morgan fingerprint density at radius 1 is 1.80 bits per heavy atom. The fourth-order valence-electron chi connectivity index (χ4n) is 0.648. The van der Waals surface area contributed by atoms with Gasteiger partial charge in [0.25, 0.3) is 0 Å². The molecule has 0 atom stereocenters. The zero-order chi connectivity index (χ0) is 7.72. The van der Waals surface area contributed by atoms with E-state index in [-0.39, 0.29) is 11.3 Å². The number of rotatable bonds is 1. The van der Waals surface area contributed by atoms with Crippen LogP contribution in [0, 0.1) is 12.9 Å². The third kappa shape index (κ3) is 0.854. The van der Waals surface area contributed by atoms with Gasteiger partial charge in [0, 0.05) is 5.69 Å². The van der Waals surface area contributed by atoms with Crippen LogP contribution in [0.1, 0.15) is 16.1 Å². The van der Waals surface area contributed by atoms with E-state index >= 15 is 0 Å². The summed E-state index contributed by atoms with van der Waals surface area (Å²) in [6.07, 6.45) is 0. The molecule has 2 N–H and O–H groups in total. The summed E-state index contributed by atoms with van der Waals surface area (Å²) in [5, 5.41) is 13.6. The molecule has 5 heteroatoms. The van der Waals surface area contributed by atoms with Gasteiger partial charge in [-0.25, -0.2) is 4.79 Å². The van der Waals surface area contributed by atoms with Crippen LogP contribution in [-0.2, 0) is 0 Å². The Bertz CT molecular complexity index is 249. The molecule has 0 radical (unpaired) electrons. The Labute approximate surface area is 55.7 Å². The van der Waals surface area contributed by atoms with Crippen LogP contribution in [0.3, 0.4) is 0 Å². The second-order valence-electron chi connectivity index (χ2n) is 1.82. The molecule has 0 fully saturated rings. The van der Waals surface area contributed by atoms with Crippen LogP contribution in [-0.4, -0.2) is 21.3 Å². The summed E-state index contributed by atoms with van der Waals surface area (Å²) in [5.41, 5.74) is -0.162. The molecule has 1 heterocycles. The van der Waals surface area contributed by atoms with Crippen molar-refractivity contribution in [1.82, 2.24) is 10.2 Å². The van der Waals surface area contributed by atoms with E-state index in [9.17, 15) is 9.18 Å². The first-order valence-electron chi connectivity index (χ1n) is 2.56. The predicted molar refractivity (Wildman–Crippen MR) is 30.2 cm³/mol. The Morgan fingerprint density at radius 3 is 2.60 bits per heavy atom. The van der Waals surface area contributed by atoms with Gasteiger partial charge in [0.15, 0.2) is 0 Å². The number of nitrogens with zero attached hydrogens (tertiary/aromatic N) is 1. The Hall–Kier alpha value is -1.39. The van der Waals surface area contributed by atoms with Gasteiger partial charge in [-0.15, -0.1) is 5.10 Å². The van der Waals surface area contributed by atoms with E-state index in [0.29, 0.717) is 0 Å². The van der Waals surface area contributed by atoms with Crippen molar-refractivity contribution in [3.8, 4) is 0 Å². The van der Waals surface area contributed by atoms with E-state index in [1.54, 1.807) is 0 Å². The molecule has 0 spiro atoms. The number of H-pyrrole nitrogens is 1. The van der Waals surface area contributed by atoms with E-state index in [1.165, 1.54) is 6.92 Å². The second kappa shape index (κ2) is 2.09. The molecule has 0 aliphatic heterocycles. The maximum absolute atomic E-state index is 12.3. The first kappa shape index (κ1) is 6.73. The minimum Gasteiger partial charge on any atom is -0.477 e. The molecule has 0 amide bonds. The minimum absolute atomic E-state index is 0.227. The molecule has 1 aromatic rings. The third-order valence-electron chi connectivity index (χ3n) is 1.12. The Kier molecular flexibility index (Phi) is 1.41. The lowest BCUT2D eigenvalue weighted by Gasteiger charge is -1.86. The van der Waals surface area contributed by atoms with Gasteiger partial charge in [0.2, 0.25) is 5.95 Å². The van der Waals surface area contributed by atoms with E-state index < -0.39 is 11.9 Å². The average Bonchev–Trinajstić information content (AvgIpc) is 2.11. The summed E-state index contributed by atoms with van der Waals surface area (Å²) >= 11 is 0. The van der Waals surface area contributed by atoms with E-state index in [2.05, 4.69) is 10.2 Å². The fourth-order valence-corrected chi connectivity index (χ4v) is 0.648. The van der Waals surface area contributed by atoms with E-state index in [0.717, 1.165) is 0 Å². The molecule has 0 bridgehead atoms. The number of carboxylic acid groups (broad SMARTS) is 1. The lowest BCUT2D eigenvalue weighted by Crippen LogP contribution is -1.99. The normalized spacial score (nSPS) is 9.80. The van der Waals surface area contributed by atoms with Crippen molar-refractivity contribution in [2.75, 3.05) is 0 Å². The van der Waals surface area contributed by atoms with Crippen LogP contribution >= 0.6 is 0 Å². The van der Waals surface area contributed by atoms with Gasteiger partial charge in [-0.2, -0.15) is 4.39 Å². The number of hydrogen-bond acceptors (Lipinski definition) is 2. The molecule has 1 aromatic heterocycles. The molecule has 0 aliphatic rings. The minimum atomic E-state index is -1.30. The molecule has 54 valence electrons. The molecule has 10 heavy (non-hydrogen) atoms. The van der Waals surface area contributed by atoms with Crippen LogP contribution in [0.15, 0.2) is 0 Å². The first-order chi connectivity index (χ1) is 4.63. The number of nitrogens with one attached hydrogen (secondary N) is 1. The lowest BCUT2D eigenvalue weighted by atomic mass is 10.3. The van der Waals surface area contributed by atoms with Crippen molar-refractivity contribution < 1.29 is 14.3 Å². The number of carboxylic acids is 1. The molecule has 0 saturated carbocycles.